The number of H-pyrrole nitrogens is 2. The number of hydrogen-bond acceptors (Lipinski definition) is 6. The minimum atomic E-state index is -0.509. The Morgan fingerprint density at radius 1 is 0.438 bits per heavy atom. The van der Waals surface area contributed by atoms with Gasteiger partial charge in [-0.2, -0.15) is 0 Å². The lowest BCUT2D eigenvalue weighted by atomic mass is 10.1. The number of aromatic amines is 2. The van der Waals surface area contributed by atoms with Crippen LogP contribution in [0.3, 0.4) is 0 Å². The molecule has 0 bridgehead atoms. The van der Waals surface area contributed by atoms with Crippen LogP contribution in [-0.4, -0.2) is 31.9 Å². The third kappa shape index (κ3) is 6.68. The zero-order chi connectivity index (χ0) is 32.7. The molecule has 2 aromatic heterocycles. The first kappa shape index (κ1) is 30.1. The van der Waals surface area contributed by atoms with Gasteiger partial charge in [-0.3, -0.25) is 0 Å². The first-order chi connectivity index (χ1) is 23.6. The maximum absolute atomic E-state index is 13.3. The molecule has 8 heteroatoms. The number of rotatable bonds is 10. The van der Waals surface area contributed by atoms with Gasteiger partial charge in [-0.15, -0.1) is 0 Å². The number of benzene rings is 5. The molecule has 0 aliphatic heterocycles. The summed E-state index contributed by atoms with van der Waals surface area (Å²) >= 11 is 0. The van der Waals surface area contributed by atoms with E-state index in [9.17, 15) is 9.59 Å². The van der Waals surface area contributed by atoms with Crippen molar-refractivity contribution < 1.29 is 19.1 Å². The molecule has 0 saturated carbocycles. The molecule has 0 atom stereocenters. The first-order valence-electron chi connectivity index (χ1n) is 15.5. The summed E-state index contributed by atoms with van der Waals surface area (Å²) in [6, 6.07) is 45.7. The Labute approximate surface area is 277 Å². The van der Waals surface area contributed by atoms with E-state index in [2.05, 4.69) is 9.97 Å². The van der Waals surface area contributed by atoms with Crippen molar-refractivity contribution >= 4 is 11.9 Å². The van der Waals surface area contributed by atoms with Crippen molar-refractivity contribution in [3.63, 3.8) is 0 Å². The number of aromatic nitrogens is 4. The number of nitrogens with one attached hydrogen (secondary N) is 2. The first-order valence-corrected chi connectivity index (χ1v) is 15.5. The minimum Gasteiger partial charge on any atom is -0.456 e. The maximum atomic E-state index is 13.3. The number of carbonyl (C=O) groups is 2. The monoisotopic (exact) mass is 630 g/mol. The fourth-order valence-electron chi connectivity index (χ4n) is 5.29. The Bertz CT molecular complexity index is 1990. The van der Waals surface area contributed by atoms with Crippen LogP contribution in [0.1, 0.15) is 32.1 Å². The molecule has 234 valence electrons. The van der Waals surface area contributed by atoms with E-state index in [-0.39, 0.29) is 24.6 Å². The zero-order valence-electron chi connectivity index (χ0n) is 25.8. The molecule has 5 aromatic carbocycles. The lowest BCUT2D eigenvalue weighted by Crippen LogP contribution is -2.08. The van der Waals surface area contributed by atoms with E-state index >= 15 is 0 Å². The molecule has 0 saturated heterocycles. The number of nitrogens with zero attached hydrogens (tertiary/aromatic N) is 2. The Hall–Kier alpha value is -6.54. The average Bonchev–Trinajstić information content (AvgIpc) is 3.81. The van der Waals surface area contributed by atoms with E-state index in [4.69, 9.17) is 19.4 Å². The Balaban J connectivity index is 1.02. The molecule has 0 radical (unpaired) electrons. The van der Waals surface area contributed by atoms with Crippen molar-refractivity contribution in [2.75, 3.05) is 0 Å². The third-order valence-electron chi connectivity index (χ3n) is 7.77. The largest absolute Gasteiger partial charge is 0.456 e. The standard InChI is InChI=1S/C40H30N4O4/c45-39(35-33(29-13-5-1-6-14-29)41-37(43-35)31-17-9-3-10-18-31)47-25-27-21-23-28(24-22-27)26-48-40(46)36-34(30-15-7-2-8-16-30)42-38(44-36)32-19-11-4-12-20-32/h1-24H,25-26H2,(H,41,43)(H,42,44). The number of carbonyl (C=O) groups excluding carboxylic acids is 2. The van der Waals surface area contributed by atoms with Crippen LogP contribution >= 0.6 is 0 Å². The van der Waals surface area contributed by atoms with Crippen LogP contribution in [-0.2, 0) is 22.7 Å². The summed E-state index contributed by atoms with van der Waals surface area (Å²) < 4.78 is 11.4. The highest BCUT2D eigenvalue weighted by Gasteiger charge is 2.22. The van der Waals surface area contributed by atoms with Gasteiger partial charge in [0.15, 0.2) is 11.4 Å². The lowest BCUT2D eigenvalue weighted by molar-refractivity contribution is 0.0455. The van der Waals surface area contributed by atoms with Crippen molar-refractivity contribution in [2.24, 2.45) is 0 Å². The fourth-order valence-corrected chi connectivity index (χ4v) is 5.29. The predicted octanol–water partition coefficient (Wildman–Crippen LogP) is 8.51. The van der Waals surface area contributed by atoms with Crippen molar-refractivity contribution in [1.82, 2.24) is 19.9 Å². The van der Waals surface area contributed by atoms with Gasteiger partial charge in [0.05, 0.1) is 0 Å². The highest BCUT2D eigenvalue weighted by Crippen LogP contribution is 2.28. The zero-order valence-corrected chi connectivity index (χ0v) is 25.8. The molecule has 0 aliphatic carbocycles. The molecule has 0 spiro atoms. The number of ether oxygens (including phenoxy) is 2. The summed E-state index contributed by atoms with van der Waals surface area (Å²) in [7, 11) is 0. The van der Waals surface area contributed by atoms with Crippen LogP contribution in [0, 0.1) is 0 Å². The van der Waals surface area contributed by atoms with E-state index in [1.807, 2.05) is 146 Å². The molecular weight excluding hydrogens is 600 g/mol. The van der Waals surface area contributed by atoms with Gasteiger partial charge in [-0.25, -0.2) is 19.6 Å². The van der Waals surface area contributed by atoms with Gasteiger partial charge < -0.3 is 19.4 Å². The fraction of sp³-hybridized carbons (Fsp3) is 0.0500. The molecule has 8 nitrogen and oxygen atoms in total. The minimum absolute atomic E-state index is 0.0592. The SMILES string of the molecule is O=C(OCc1ccc(COC(=O)c2[nH]c(-c3ccccc3)nc2-c2ccccc2)cc1)c1[nH]c(-c2ccccc2)nc1-c1ccccc1. The van der Waals surface area contributed by atoms with Gasteiger partial charge in [0.25, 0.3) is 0 Å². The van der Waals surface area contributed by atoms with Crippen LogP contribution in [0.2, 0.25) is 0 Å². The topological polar surface area (TPSA) is 110 Å². The Kier molecular flexibility index (Phi) is 8.69. The summed E-state index contributed by atoms with van der Waals surface area (Å²) in [6.45, 7) is 0.118. The summed E-state index contributed by atoms with van der Waals surface area (Å²) in [5.41, 5.74) is 6.55. The molecule has 7 rings (SSSR count). The molecule has 2 heterocycles. The molecule has 7 aromatic rings. The van der Waals surface area contributed by atoms with E-state index in [0.717, 1.165) is 33.4 Å². The second-order valence-corrected chi connectivity index (χ2v) is 11.1. The molecule has 0 unspecified atom stereocenters. The van der Waals surface area contributed by atoms with Gasteiger partial charge in [-0.1, -0.05) is 146 Å². The maximum Gasteiger partial charge on any atom is 0.357 e. The van der Waals surface area contributed by atoms with Crippen LogP contribution in [0.4, 0.5) is 0 Å². The van der Waals surface area contributed by atoms with Crippen LogP contribution in [0.15, 0.2) is 146 Å². The van der Waals surface area contributed by atoms with Gasteiger partial charge in [-0.05, 0) is 11.1 Å². The van der Waals surface area contributed by atoms with Gasteiger partial charge >= 0.3 is 11.9 Å². The Morgan fingerprint density at radius 3 is 1.08 bits per heavy atom. The van der Waals surface area contributed by atoms with Crippen LogP contribution in [0.25, 0.3) is 45.3 Å². The van der Waals surface area contributed by atoms with Gasteiger partial charge in [0.2, 0.25) is 0 Å². The van der Waals surface area contributed by atoms with Gasteiger partial charge in [0, 0.05) is 22.3 Å². The number of imidazole rings is 2. The second kappa shape index (κ2) is 13.8. The lowest BCUT2D eigenvalue weighted by Gasteiger charge is -2.08. The molecule has 2 N–H and O–H groups in total. The number of hydrogen-bond donors (Lipinski definition) is 2. The van der Waals surface area contributed by atoms with Crippen molar-refractivity contribution in [3.8, 4) is 45.3 Å². The van der Waals surface area contributed by atoms with Crippen molar-refractivity contribution in [1.29, 1.82) is 0 Å². The van der Waals surface area contributed by atoms with E-state index in [1.165, 1.54) is 0 Å². The summed E-state index contributed by atoms with van der Waals surface area (Å²) in [4.78, 5) is 42.4. The summed E-state index contributed by atoms with van der Waals surface area (Å²) in [5.74, 6) is 0.153. The van der Waals surface area contributed by atoms with Crippen molar-refractivity contribution in [3.05, 3.63) is 168 Å². The molecule has 0 amide bonds. The van der Waals surface area contributed by atoms with Crippen molar-refractivity contribution in [2.45, 2.75) is 13.2 Å². The number of esters is 2. The predicted molar refractivity (Wildman–Crippen MR) is 184 cm³/mol. The average molecular weight is 631 g/mol. The molecule has 0 aliphatic rings. The third-order valence-corrected chi connectivity index (χ3v) is 7.77. The highest BCUT2D eigenvalue weighted by molar-refractivity contribution is 5.96. The van der Waals surface area contributed by atoms with Gasteiger partial charge in [0.1, 0.15) is 36.3 Å². The summed E-state index contributed by atoms with van der Waals surface area (Å²) in [6.07, 6.45) is 0. The van der Waals surface area contributed by atoms with Crippen LogP contribution < -0.4 is 0 Å². The second-order valence-electron chi connectivity index (χ2n) is 11.1. The normalized spacial score (nSPS) is 10.8. The van der Waals surface area contributed by atoms with Crippen LogP contribution in [0.5, 0.6) is 0 Å². The van der Waals surface area contributed by atoms with E-state index < -0.39 is 11.9 Å². The highest BCUT2D eigenvalue weighted by atomic mass is 16.5. The van der Waals surface area contributed by atoms with E-state index in [1.54, 1.807) is 0 Å². The molecule has 0 fully saturated rings. The molecule has 48 heavy (non-hydrogen) atoms. The smallest absolute Gasteiger partial charge is 0.357 e. The quantitative estimate of drug-likeness (QED) is 0.147. The summed E-state index contributed by atoms with van der Waals surface area (Å²) in [5, 5.41) is 0. The Morgan fingerprint density at radius 2 is 0.750 bits per heavy atom. The van der Waals surface area contributed by atoms with E-state index in [0.29, 0.717) is 23.0 Å². The molecular formula is C40H30N4O4.